The van der Waals surface area contributed by atoms with Gasteiger partial charge in [0, 0.05) is 49.4 Å². The van der Waals surface area contributed by atoms with Crippen LogP contribution in [0.2, 0.25) is 0 Å². The number of rotatable bonds is 6. The highest BCUT2D eigenvalue weighted by Crippen LogP contribution is 2.30. The summed E-state index contributed by atoms with van der Waals surface area (Å²) in [5, 5.41) is 3.11. The molecule has 1 aromatic carbocycles. The summed E-state index contributed by atoms with van der Waals surface area (Å²) in [6.07, 6.45) is 4.80. The van der Waals surface area contributed by atoms with E-state index in [0.717, 1.165) is 50.0 Å². The van der Waals surface area contributed by atoms with E-state index in [9.17, 15) is 9.59 Å². The predicted molar refractivity (Wildman–Crippen MR) is 110 cm³/mol. The van der Waals surface area contributed by atoms with Crippen molar-refractivity contribution >= 4 is 23.2 Å². The van der Waals surface area contributed by atoms with E-state index in [1.54, 1.807) is 0 Å². The smallest absolute Gasteiger partial charge is 0.227 e. The first-order valence-corrected chi connectivity index (χ1v) is 10.5. The maximum Gasteiger partial charge on any atom is 0.227 e. The Kier molecular flexibility index (Phi) is 6.40. The van der Waals surface area contributed by atoms with Gasteiger partial charge in [-0.2, -0.15) is 0 Å². The Hall–Kier alpha value is -2.04. The minimum atomic E-state index is -0.00250. The van der Waals surface area contributed by atoms with E-state index in [2.05, 4.69) is 36.2 Å². The lowest BCUT2D eigenvalue weighted by molar-refractivity contribution is -0.140. The molecule has 148 valence electrons. The lowest BCUT2D eigenvalue weighted by atomic mass is 9.83. The van der Waals surface area contributed by atoms with Crippen LogP contribution in [-0.4, -0.2) is 42.9 Å². The second kappa shape index (κ2) is 8.77. The number of carbonyl (C=O) groups excluding carboxylic acids is 2. The zero-order valence-electron chi connectivity index (χ0n) is 17.0. The summed E-state index contributed by atoms with van der Waals surface area (Å²) in [5.74, 6) is 0.645. The topological polar surface area (TPSA) is 52.7 Å². The third-order valence-electron chi connectivity index (χ3n) is 6.23. The summed E-state index contributed by atoms with van der Waals surface area (Å²) in [6, 6.07) is 6.23. The zero-order chi connectivity index (χ0) is 19.4. The molecule has 3 rings (SSSR count). The highest BCUT2D eigenvalue weighted by atomic mass is 16.2. The number of benzene rings is 1. The zero-order valence-corrected chi connectivity index (χ0v) is 17.0. The second-order valence-electron chi connectivity index (χ2n) is 7.89. The minimum absolute atomic E-state index is 0.00250. The summed E-state index contributed by atoms with van der Waals surface area (Å²) in [4.78, 5) is 29.3. The Morgan fingerprint density at radius 1 is 1.07 bits per heavy atom. The number of anilines is 2. The minimum Gasteiger partial charge on any atom is -0.372 e. The van der Waals surface area contributed by atoms with Crippen molar-refractivity contribution in [2.75, 3.05) is 36.4 Å². The van der Waals surface area contributed by atoms with Crippen LogP contribution in [0.25, 0.3) is 0 Å². The van der Waals surface area contributed by atoms with Gasteiger partial charge in [-0.05, 0) is 70.2 Å². The fraction of sp³-hybridized carbons (Fsp3) is 0.636. The van der Waals surface area contributed by atoms with Crippen LogP contribution >= 0.6 is 0 Å². The molecule has 0 spiro atoms. The third-order valence-corrected chi connectivity index (χ3v) is 6.23. The Bertz CT molecular complexity index is 672. The van der Waals surface area contributed by atoms with Crippen LogP contribution in [-0.2, 0) is 9.59 Å². The first-order chi connectivity index (χ1) is 13.0. The number of hydrogen-bond acceptors (Lipinski definition) is 3. The summed E-state index contributed by atoms with van der Waals surface area (Å²) in [7, 11) is 0. The van der Waals surface area contributed by atoms with Crippen molar-refractivity contribution in [3.8, 4) is 0 Å². The van der Waals surface area contributed by atoms with E-state index in [-0.39, 0.29) is 17.7 Å². The van der Waals surface area contributed by atoms with Crippen molar-refractivity contribution in [2.45, 2.75) is 52.9 Å². The predicted octanol–water partition coefficient (Wildman–Crippen LogP) is 3.82. The molecule has 2 fully saturated rings. The molecule has 0 aromatic heterocycles. The molecular weight excluding hydrogens is 338 g/mol. The number of piperidine rings is 1. The summed E-state index contributed by atoms with van der Waals surface area (Å²) >= 11 is 0. The molecule has 2 amide bonds. The lowest BCUT2D eigenvalue weighted by Crippen LogP contribution is -2.45. The van der Waals surface area contributed by atoms with E-state index in [1.165, 1.54) is 12.1 Å². The normalized spacial score (nSPS) is 18.1. The number of hydrogen-bond donors (Lipinski definition) is 1. The van der Waals surface area contributed by atoms with Gasteiger partial charge in [0.05, 0.1) is 0 Å². The van der Waals surface area contributed by atoms with Crippen molar-refractivity contribution in [1.29, 1.82) is 0 Å². The molecule has 1 aromatic rings. The van der Waals surface area contributed by atoms with Gasteiger partial charge in [0.15, 0.2) is 0 Å². The Morgan fingerprint density at radius 2 is 1.74 bits per heavy atom. The molecule has 1 aliphatic carbocycles. The lowest BCUT2D eigenvalue weighted by Gasteiger charge is -2.36. The number of amides is 2. The molecule has 1 heterocycles. The standard InChI is InChI=1S/C22H33N3O2/c1-4-24(5-2)19-9-10-20(16(3)15-19)23-21(26)17-11-13-25(14-12-17)22(27)18-7-6-8-18/h9-10,15,17-18H,4-8,11-14H2,1-3H3,(H,23,26). The maximum absolute atomic E-state index is 12.7. The van der Waals surface area contributed by atoms with E-state index in [1.807, 2.05) is 17.9 Å². The number of nitrogens with one attached hydrogen (secondary N) is 1. The third kappa shape index (κ3) is 4.45. The monoisotopic (exact) mass is 371 g/mol. The first-order valence-electron chi connectivity index (χ1n) is 10.5. The van der Waals surface area contributed by atoms with Crippen molar-refractivity contribution < 1.29 is 9.59 Å². The fourth-order valence-corrected chi connectivity index (χ4v) is 4.08. The largest absolute Gasteiger partial charge is 0.372 e. The van der Waals surface area contributed by atoms with Crippen LogP contribution in [0, 0.1) is 18.8 Å². The van der Waals surface area contributed by atoms with Crippen molar-refractivity contribution in [3.63, 3.8) is 0 Å². The van der Waals surface area contributed by atoms with Gasteiger partial charge < -0.3 is 15.1 Å². The van der Waals surface area contributed by atoms with E-state index < -0.39 is 0 Å². The average Bonchev–Trinajstić information content (AvgIpc) is 2.63. The summed E-state index contributed by atoms with van der Waals surface area (Å²) in [6.45, 7) is 9.72. The van der Waals surface area contributed by atoms with Crippen LogP contribution in [0.4, 0.5) is 11.4 Å². The van der Waals surface area contributed by atoms with Crippen LogP contribution in [0.15, 0.2) is 18.2 Å². The summed E-state index contributed by atoms with van der Waals surface area (Å²) in [5.41, 5.74) is 3.17. The van der Waals surface area contributed by atoms with Gasteiger partial charge >= 0.3 is 0 Å². The quantitative estimate of drug-likeness (QED) is 0.827. The summed E-state index contributed by atoms with van der Waals surface area (Å²) < 4.78 is 0. The number of likely N-dealkylation sites (tertiary alicyclic amines) is 1. The van der Waals surface area contributed by atoms with Crippen molar-refractivity contribution in [2.24, 2.45) is 11.8 Å². The van der Waals surface area contributed by atoms with Gasteiger partial charge in [0.2, 0.25) is 11.8 Å². The van der Waals surface area contributed by atoms with E-state index >= 15 is 0 Å². The molecule has 0 unspecified atom stereocenters. The molecule has 27 heavy (non-hydrogen) atoms. The highest BCUT2D eigenvalue weighted by molar-refractivity contribution is 5.93. The molecule has 1 aliphatic heterocycles. The Balaban J connectivity index is 1.54. The molecule has 0 bridgehead atoms. The maximum atomic E-state index is 12.7. The molecule has 0 atom stereocenters. The van der Waals surface area contributed by atoms with E-state index in [0.29, 0.717) is 19.0 Å². The molecule has 1 N–H and O–H groups in total. The molecule has 0 radical (unpaired) electrons. The van der Waals surface area contributed by atoms with Gasteiger partial charge in [-0.3, -0.25) is 9.59 Å². The molecule has 5 nitrogen and oxygen atoms in total. The van der Waals surface area contributed by atoms with Gasteiger partial charge in [0.1, 0.15) is 0 Å². The van der Waals surface area contributed by atoms with Gasteiger partial charge in [-0.15, -0.1) is 0 Å². The fourth-order valence-electron chi connectivity index (χ4n) is 4.08. The van der Waals surface area contributed by atoms with E-state index in [4.69, 9.17) is 0 Å². The molecule has 2 aliphatic rings. The first kappa shape index (κ1) is 19.7. The second-order valence-corrected chi connectivity index (χ2v) is 7.89. The number of nitrogens with zero attached hydrogens (tertiary/aromatic N) is 2. The molecule has 1 saturated heterocycles. The number of aryl methyl sites for hydroxylation is 1. The van der Waals surface area contributed by atoms with Crippen LogP contribution < -0.4 is 10.2 Å². The van der Waals surface area contributed by atoms with Crippen LogP contribution in [0.3, 0.4) is 0 Å². The van der Waals surface area contributed by atoms with Gasteiger partial charge in [-0.25, -0.2) is 0 Å². The van der Waals surface area contributed by atoms with Crippen molar-refractivity contribution in [1.82, 2.24) is 4.90 Å². The van der Waals surface area contributed by atoms with Crippen molar-refractivity contribution in [3.05, 3.63) is 23.8 Å². The molecular formula is C22H33N3O2. The Labute approximate surface area is 163 Å². The Morgan fingerprint density at radius 3 is 2.26 bits per heavy atom. The van der Waals surface area contributed by atoms with Crippen LogP contribution in [0.5, 0.6) is 0 Å². The van der Waals surface area contributed by atoms with Gasteiger partial charge in [-0.1, -0.05) is 6.42 Å². The number of carbonyl (C=O) groups is 2. The molecule has 1 saturated carbocycles. The average molecular weight is 372 g/mol. The molecule has 5 heteroatoms. The SMILES string of the molecule is CCN(CC)c1ccc(NC(=O)C2CCN(C(=O)C3CCC3)CC2)c(C)c1. The van der Waals surface area contributed by atoms with Crippen LogP contribution in [0.1, 0.15) is 51.5 Å². The highest BCUT2D eigenvalue weighted by Gasteiger charge is 2.33. The van der Waals surface area contributed by atoms with Gasteiger partial charge in [0.25, 0.3) is 0 Å².